The van der Waals surface area contributed by atoms with Crippen molar-refractivity contribution < 1.29 is 19.7 Å². The maximum Gasteiger partial charge on any atom is 0.337 e. The lowest BCUT2D eigenvalue weighted by molar-refractivity contribution is -0.147. The van der Waals surface area contributed by atoms with Gasteiger partial charge in [0.1, 0.15) is 5.75 Å². The molecular formula is C13H15NO4. The largest absolute Gasteiger partial charge is 0.493 e. The van der Waals surface area contributed by atoms with Crippen molar-refractivity contribution in [1.82, 2.24) is 0 Å². The molecule has 0 aliphatic heterocycles. The molecule has 0 saturated heterocycles. The van der Waals surface area contributed by atoms with Crippen molar-refractivity contribution in [3.05, 3.63) is 29.3 Å². The Balaban J connectivity index is 3.16. The summed E-state index contributed by atoms with van der Waals surface area (Å²) in [5, 5.41) is 27.0. The summed E-state index contributed by atoms with van der Waals surface area (Å²) in [7, 11) is 0. The van der Waals surface area contributed by atoms with Crippen LogP contribution in [0, 0.1) is 11.3 Å². The highest BCUT2D eigenvalue weighted by atomic mass is 16.5. The van der Waals surface area contributed by atoms with E-state index in [1.807, 2.05) is 6.07 Å². The average molecular weight is 249 g/mol. The number of aliphatic hydroxyl groups is 1. The Hall–Kier alpha value is -2.06. The number of hydrogen-bond acceptors (Lipinski definition) is 4. The second-order valence-electron chi connectivity index (χ2n) is 3.67. The molecule has 0 fully saturated rings. The van der Waals surface area contributed by atoms with Crippen LogP contribution in [0.4, 0.5) is 0 Å². The van der Waals surface area contributed by atoms with Crippen LogP contribution < -0.4 is 4.74 Å². The van der Waals surface area contributed by atoms with Crippen LogP contribution in [0.25, 0.3) is 0 Å². The molecule has 96 valence electrons. The summed E-state index contributed by atoms with van der Waals surface area (Å²) < 4.78 is 5.40. The van der Waals surface area contributed by atoms with Crippen molar-refractivity contribution in [2.45, 2.75) is 25.9 Å². The fraction of sp³-hybridized carbons (Fsp3) is 0.385. The summed E-state index contributed by atoms with van der Waals surface area (Å²) in [4.78, 5) is 10.8. The van der Waals surface area contributed by atoms with Crippen LogP contribution in [0.15, 0.2) is 18.2 Å². The van der Waals surface area contributed by atoms with Crippen molar-refractivity contribution in [3.8, 4) is 11.8 Å². The molecule has 0 aromatic heterocycles. The van der Waals surface area contributed by atoms with Crippen LogP contribution in [-0.2, 0) is 11.2 Å². The lowest BCUT2D eigenvalue weighted by atomic mass is 10.0. The van der Waals surface area contributed by atoms with Gasteiger partial charge in [-0.1, -0.05) is 18.2 Å². The van der Waals surface area contributed by atoms with Crippen molar-refractivity contribution in [3.63, 3.8) is 0 Å². The van der Waals surface area contributed by atoms with Gasteiger partial charge >= 0.3 is 5.97 Å². The molecule has 5 nitrogen and oxygen atoms in total. The third kappa shape index (κ3) is 3.22. The standard InChI is InChI=1S/C13H15NO4/c1-2-18-12-9(6-4-8-14)5-3-7-10(12)11(15)13(16)17/h3,5,7,11,15H,2,4,6H2,1H3,(H,16,17). The number of benzene rings is 1. The number of carboxylic acids is 1. The highest BCUT2D eigenvalue weighted by Crippen LogP contribution is 2.30. The van der Waals surface area contributed by atoms with Crippen molar-refractivity contribution in [1.29, 1.82) is 5.26 Å². The number of aryl methyl sites for hydroxylation is 1. The lowest BCUT2D eigenvalue weighted by Crippen LogP contribution is -2.13. The van der Waals surface area contributed by atoms with Gasteiger partial charge in [-0.15, -0.1) is 0 Å². The quantitative estimate of drug-likeness (QED) is 0.800. The molecular weight excluding hydrogens is 234 g/mol. The van der Waals surface area contributed by atoms with E-state index in [-0.39, 0.29) is 5.56 Å². The molecule has 18 heavy (non-hydrogen) atoms. The van der Waals surface area contributed by atoms with Gasteiger partial charge in [-0.2, -0.15) is 5.26 Å². The van der Waals surface area contributed by atoms with E-state index in [0.717, 1.165) is 5.56 Å². The Morgan fingerprint density at radius 3 is 2.83 bits per heavy atom. The van der Waals surface area contributed by atoms with Crippen molar-refractivity contribution >= 4 is 5.97 Å². The molecule has 0 aliphatic carbocycles. The molecule has 0 amide bonds. The predicted molar refractivity (Wildman–Crippen MR) is 64.1 cm³/mol. The number of nitriles is 1. The summed E-state index contributed by atoms with van der Waals surface area (Å²) in [6.07, 6.45) is -0.841. The Morgan fingerprint density at radius 2 is 2.28 bits per heavy atom. The monoisotopic (exact) mass is 249 g/mol. The number of para-hydroxylation sites is 1. The Morgan fingerprint density at radius 1 is 1.56 bits per heavy atom. The van der Waals surface area contributed by atoms with Crippen LogP contribution in [0.2, 0.25) is 0 Å². The van der Waals surface area contributed by atoms with E-state index in [9.17, 15) is 9.90 Å². The fourth-order valence-corrected chi connectivity index (χ4v) is 1.66. The van der Waals surface area contributed by atoms with Crippen LogP contribution in [0.5, 0.6) is 5.75 Å². The molecule has 0 aliphatic rings. The summed E-state index contributed by atoms with van der Waals surface area (Å²) in [6.45, 7) is 2.14. The molecule has 1 aromatic rings. The number of aliphatic carboxylic acids is 1. The molecule has 5 heteroatoms. The topological polar surface area (TPSA) is 90.5 Å². The zero-order valence-electron chi connectivity index (χ0n) is 10.1. The summed E-state index contributed by atoms with van der Waals surface area (Å²) in [5.41, 5.74) is 0.955. The Bertz CT molecular complexity index is 465. The van der Waals surface area contributed by atoms with Gasteiger partial charge in [-0.05, 0) is 18.9 Å². The minimum atomic E-state index is -1.62. The van der Waals surface area contributed by atoms with Crippen LogP contribution in [0.1, 0.15) is 30.6 Å². The SMILES string of the molecule is CCOc1c(CCC#N)cccc1C(O)C(=O)O. The van der Waals surface area contributed by atoms with Crippen molar-refractivity contribution in [2.75, 3.05) is 6.61 Å². The molecule has 1 unspecified atom stereocenters. The Kier molecular flexibility index (Phi) is 5.15. The number of nitrogens with zero attached hydrogens (tertiary/aromatic N) is 1. The second-order valence-corrected chi connectivity index (χ2v) is 3.67. The highest BCUT2D eigenvalue weighted by Gasteiger charge is 2.22. The molecule has 1 aromatic carbocycles. The first-order chi connectivity index (χ1) is 8.61. The number of rotatable bonds is 6. The maximum atomic E-state index is 10.8. The minimum Gasteiger partial charge on any atom is -0.493 e. The van der Waals surface area contributed by atoms with E-state index in [4.69, 9.17) is 15.1 Å². The van der Waals surface area contributed by atoms with E-state index < -0.39 is 12.1 Å². The first kappa shape index (κ1) is 14.0. The summed E-state index contributed by atoms with van der Waals surface area (Å²) in [5.74, 6) is -0.960. The molecule has 1 rings (SSSR count). The van der Waals surface area contributed by atoms with E-state index >= 15 is 0 Å². The lowest BCUT2D eigenvalue weighted by Gasteiger charge is -2.16. The molecule has 1 atom stereocenters. The fourth-order valence-electron chi connectivity index (χ4n) is 1.66. The van der Waals surface area contributed by atoms with Crippen LogP contribution in [-0.4, -0.2) is 22.8 Å². The van der Waals surface area contributed by atoms with Crippen LogP contribution in [0.3, 0.4) is 0 Å². The zero-order valence-corrected chi connectivity index (χ0v) is 10.1. The normalized spacial score (nSPS) is 11.6. The van der Waals surface area contributed by atoms with Gasteiger partial charge < -0.3 is 14.9 Å². The van der Waals surface area contributed by atoms with E-state index in [1.165, 1.54) is 6.07 Å². The summed E-state index contributed by atoms with van der Waals surface area (Å²) in [6, 6.07) is 6.95. The molecule has 0 spiro atoms. The summed E-state index contributed by atoms with van der Waals surface area (Å²) >= 11 is 0. The van der Waals surface area contributed by atoms with Gasteiger partial charge in [-0.25, -0.2) is 4.79 Å². The van der Waals surface area contributed by atoms with E-state index in [1.54, 1.807) is 19.1 Å². The van der Waals surface area contributed by atoms with Crippen molar-refractivity contribution in [2.24, 2.45) is 0 Å². The smallest absolute Gasteiger partial charge is 0.337 e. The molecule has 0 radical (unpaired) electrons. The molecule has 0 heterocycles. The van der Waals surface area contributed by atoms with Gasteiger partial charge in [-0.3, -0.25) is 0 Å². The zero-order chi connectivity index (χ0) is 13.5. The Labute approximate surface area is 105 Å². The van der Waals surface area contributed by atoms with E-state index in [0.29, 0.717) is 25.2 Å². The van der Waals surface area contributed by atoms with Gasteiger partial charge in [0.05, 0.1) is 12.7 Å². The van der Waals surface area contributed by atoms with Gasteiger partial charge in [0.2, 0.25) is 0 Å². The average Bonchev–Trinajstić information content (AvgIpc) is 2.36. The van der Waals surface area contributed by atoms with Crippen LogP contribution >= 0.6 is 0 Å². The number of carbonyl (C=O) groups is 1. The highest BCUT2D eigenvalue weighted by molar-refractivity contribution is 5.75. The number of ether oxygens (including phenoxy) is 1. The van der Waals surface area contributed by atoms with Gasteiger partial charge in [0.25, 0.3) is 0 Å². The first-order valence-electron chi connectivity index (χ1n) is 5.64. The molecule has 0 saturated carbocycles. The number of carboxylic acid groups (broad SMARTS) is 1. The first-order valence-corrected chi connectivity index (χ1v) is 5.64. The minimum absolute atomic E-state index is 0.222. The predicted octanol–water partition coefficient (Wildman–Crippen LogP) is 1.66. The third-order valence-corrected chi connectivity index (χ3v) is 2.45. The van der Waals surface area contributed by atoms with Gasteiger partial charge in [0.15, 0.2) is 6.10 Å². The number of hydrogen-bond donors (Lipinski definition) is 2. The van der Waals surface area contributed by atoms with Gasteiger partial charge in [0, 0.05) is 12.0 Å². The molecule has 2 N–H and O–H groups in total. The third-order valence-electron chi connectivity index (χ3n) is 2.45. The second kappa shape index (κ2) is 6.62. The van der Waals surface area contributed by atoms with E-state index in [2.05, 4.69) is 0 Å². The maximum absolute atomic E-state index is 10.8. The number of aliphatic hydroxyl groups excluding tert-OH is 1. The molecule has 0 bridgehead atoms.